The number of rotatable bonds is 10. The first-order valence-corrected chi connectivity index (χ1v) is 15.0. The number of carbonyl (C=O) groups is 2. The summed E-state index contributed by atoms with van der Waals surface area (Å²) in [6, 6.07) is 20.7. The molecule has 1 N–H and O–H groups in total. The molecule has 3 aromatic rings. The number of aryl methyl sites for hydroxylation is 3. The van der Waals surface area contributed by atoms with Crippen LogP contribution in [-0.2, 0) is 32.6 Å². The molecule has 0 bridgehead atoms. The van der Waals surface area contributed by atoms with Crippen LogP contribution in [0.3, 0.4) is 0 Å². The standard InChI is InChI=1S/C32H41N3O4S/c1-8-27-11-9-10-12-29(27)35(40(38,39)28-19-15-24(3)16-20-28)22-30(36)34(21-26-17-13-23(2)14-18-26)25(4)31(37)33-32(5,6)7/h9-20,25H,8,21-22H2,1-7H3,(H,33,37). The van der Waals surface area contributed by atoms with E-state index in [4.69, 9.17) is 0 Å². The zero-order chi connectivity index (χ0) is 29.7. The molecule has 214 valence electrons. The first-order valence-electron chi connectivity index (χ1n) is 13.6. The van der Waals surface area contributed by atoms with Gasteiger partial charge in [0.2, 0.25) is 11.8 Å². The van der Waals surface area contributed by atoms with E-state index in [-0.39, 0.29) is 17.3 Å². The summed E-state index contributed by atoms with van der Waals surface area (Å²) in [5.74, 6) is -0.784. The van der Waals surface area contributed by atoms with Crippen LogP contribution in [0.5, 0.6) is 0 Å². The molecule has 0 heterocycles. The first kappa shape index (κ1) is 30.9. The molecule has 0 saturated carbocycles. The Bertz CT molecular complexity index is 1430. The van der Waals surface area contributed by atoms with E-state index in [2.05, 4.69) is 5.32 Å². The largest absolute Gasteiger partial charge is 0.350 e. The normalized spacial score (nSPS) is 12.5. The molecule has 1 atom stereocenters. The summed E-state index contributed by atoms with van der Waals surface area (Å²) in [5.41, 5.74) is 3.60. The minimum Gasteiger partial charge on any atom is -0.350 e. The van der Waals surface area contributed by atoms with E-state index >= 15 is 0 Å². The summed E-state index contributed by atoms with van der Waals surface area (Å²) >= 11 is 0. The molecule has 2 amide bonds. The zero-order valence-electron chi connectivity index (χ0n) is 24.6. The second-order valence-electron chi connectivity index (χ2n) is 11.2. The van der Waals surface area contributed by atoms with Crippen molar-refractivity contribution in [1.82, 2.24) is 10.2 Å². The Morgan fingerprint density at radius 2 is 1.43 bits per heavy atom. The fourth-order valence-corrected chi connectivity index (χ4v) is 5.80. The fourth-order valence-electron chi connectivity index (χ4n) is 4.35. The highest BCUT2D eigenvalue weighted by molar-refractivity contribution is 7.92. The molecule has 40 heavy (non-hydrogen) atoms. The Morgan fingerprint density at radius 1 is 0.875 bits per heavy atom. The zero-order valence-corrected chi connectivity index (χ0v) is 25.4. The van der Waals surface area contributed by atoms with Crippen molar-refractivity contribution in [2.45, 2.75) is 77.9 Å². The summed E-state index contributed by atoms with van der Waals surface area (Å²) in [6.45, 7) is 12.8. The number of benzene rings is 3. The van der Waals surface area contributed by atoms with Gasteiger partial charge in [-0.15, -0.1) is 0 Å². The lowest BCUT2D eigenvalue weighted by Gasteiger charge is -2.34. The minimum absolute atomic E-state index is 0.0976. The van der Waals surface area contributed by atoms with Crippen LogP contribution in [-0.4, -0.2) is 43.3 Å². The fraction of sp³-hybridized carbons (Fsp3) is 0.375. The summed E-state index contributed by atoms with van der Waals surface area (Å²) < 4.78 is 29.2. The van der Waals surface area contributed by atoms with E-state index in [1.54, 1.807) is 43.3 Å². The van der Waals surface area contributed by atoms with Crippen molar-refractivity contribution in [2.24, 2.45) is 0 Å². The third-order valence-corrected chi connectivity index (χ3v) is 8.44. The van der Waals surface area contributed by atoms with Crippen molar-refractivity contribution in [3.8, 4) is 0 Å². The molecule has 7 nitrogen and oxygen atoms in total. The van der Waals surface area contributed by atoms with Crippen LogP contribution in [0.15, 0.2) is 77.7 Å². The number of carbonyl (C=O) groups excluding carboxylic acids is 2. The maximum absolute atomic E-state index is 14.1. The monoisotopic (exact) mass is 563 g/mol. The first-order chi connectivity index (χ1) is 18.7. The number of nitrogens with zero attached hydrogens (tertiary/aromatic N) is 2. The molecule has 0 aliphatic carbocycles. The SMILES string of the molecule is CCc1ccccc1N(CC(=O)N(Cc1ccc(C)cc1)C(C)C(=O)NC(C)(C)C)S(=O)(=O)c1ccc(C)cc1. The van der Waals surface area contributed by atoms with Crippen LogP contribution in [0.1, 0.15) is 56.9 Å². The molecule has 0 fully saturated rings. The number of anilines is 1. The van der Waals surface area contributed by atoms with Crippen molar-refractivity contribution in [2.75, 3.05) is 10.8 Å². The van der Waals surface area contributed by atoms with E-state index in [1.165, 1.54) is 9.21 Å². The molecule has 8 heteroatoms. The van der Waals surface area contributed by atoms with Crippen molar-refractivity contribution in [1.29, 1.82) is 0 Å². The van der Waals surface area contributed by atoms with Gasteiger partial charge < -0.3 is 10.2 Å². The van der Waals surface area contributed by atoms with Crippen molar-refractivity contribution in [3.05, 3.63) is 95.1 Å². The third kappa shape index (κ3) is 7.72. The predicted molar refractivity (Wildman–Crippen MR) is 161 cm³/mol. The molecular weight excluding hydrogens is 522 g/mol. The van der Waals surface area contributed by atoms with Crippen LogP contribution in [0.2, 0.25) is 0 Å². The second kappa shape index (κ2) is 12.7. The van der Waals surface area contributed by atoms with Gasteiger partial charge in [-0.05, 0) is 77.3 Å². The predicted octanol–water partition coefficient (Wildman–Crippen LogP) is 5.39. The van der Waals surface area contributed by atoms with Gasteiger partial charge in [-0.1, -0.05) is 72.6 Å². The van der Waals surface area contributed by atoms with E-state index in [1.807, 2.05) is 77.9 Å². The average Bonchev–Trinajstić information content (AvgIpc) is 2.90. The van der Waals surface area contributed by atoms with Gasteiger partial charge in [-0.25, -0.2) is 8.42 Å². The Labute approximate surface area is 239 Å². The summed E-state index contributed by atoms with van der Waals surface area (Å²) in [5, 5.41) is 2.95. The lowest BCUT2D eigenvalue weighted by Crippen LogP contribution is -2.54. The molecule has 3 rings (SSSR count). The Hall–Kier alpha value is -3.65. The van der Waals surface area contributed by atoms with E-state index in [0.29, 0.717) is 12.1 Å². The summed E-state index contributed by atoms with van der Waals surface area (Å²) in [4.78, 5) is 28.9. The van der Waals surface area contributed by atoms with Gasteiger partial charge in [0.25, 0.3) is 10.0 Å². The molecule has 0 saturated heterocycles. The second-order valence-corrected chi connectivity index (χ2v) is 13.1. The highest BCUT2D eigenvalue weighted by Gasteiger charge is 2.34. The van der Waals surface area contributed by atoms with Crippen molar-refractivity contribution >= 4 is 27.5 Å². The summed E-state index contributed by atoms with van der Waals surface area (Å²) in [7, 11) is -4.10. The Balaban J connectivity index is 2.07. The average molecular weight is 564 g/mol. The van der Waals surface area contributed by atoms with Crippen LogP contribution >= 0.6 is 0 Å². The molecular formula is C32H41N3O4S. The van der Waals surface area contributed by atoms with Crippen molar-refractivity contribution < 1.29 is 18.0 Å². The molecule has 3 aromatic carbocycles. The van der Waals surface area contributed by atoms with Gasteiger partial charge in [0.15, 0.2) is 0 Å². The van der Waals surface area contributed by atoms with E-state index < -0.39 is 34.1 Å². The highest BCUT2D eigenvalue weighted by atomic mass is 32.2. The maximum atomic E-state index is 14.1. The quantitative estimate of drug-likeness (QED) is 0.358. The number of hydrogen-bond donors (Lipinski definition) is 1. The van der Waals surface area contributed by atoms with Gasteiger partial charge in [-0.2, -0.15) is 0 Å². The maximum Gasteiger partial charge on any atom is 0.264 e. The minimum atomic E-state index is -4.10. The van der Waals surface area contributed by atoms with Crippen LogP contribution in [0, 0.1) is 13.8 Å². The highest BCUT2D eigenvalue weighted by Crippen LogP contribution is 2.28. The van der Waals surface area contributed by atoms with Crippen LogP contribution in [0.25, 0.3) is 0 Å². The van der Waals surface area contributed by atoms with Gasteiger partial charge in [0.05, 0.1) is 10.6 Å². The molecule has 0 aliphatic heterocycles. The van der Waals surface area contributed by atoms with Gasteiger partial charge in [0.1, 0.15) is 12.6 Å². The number of nitrogens with one attached hydrogen (secondary N) is 1. The third-order valence-electron chi connectivity index (χ3n) is 6.67. The number of hydrogen-bond acceptors (Lipinski definition) is 4. The van der Waals surface area contributed by atoms with Crippen LogP contribution < -0.4 is 9.62 Å². The molecule has 0 spiro atoms. The smallest absolute Gasteiger partial charge is 0.264 e. The Morgan fingerprint density at radius 3 is 1.98 bits per heavy atom. The molecule has 0 aromatic heterocycles. The topological polar surface area (TPSA) is 86.8 Å². The van der Waals surface area contributed by atoms with Gasteiger partial charge >= 0.3 is 0 Å². The molecule has 1 unspecified atom stereocenters. The van der Waals surface area contributed by atoms with Gasteiger partial charge in [0, 0.05) is 12.1 Å². The molecule has 0 radical (unpaired) electrons. The lowest BCUT2D eigenvalue weighted by molar-refractivity contribution is -0.140. The lowest BCUT2D eigenvalue weighted by atomic mass is 10.1. The Kier molecular flexibility index (Phi) is 9.79. The van der Waals surface area contributed by atoms with Crippen molar-refractivity contribution in [3.63, 3.8) is 0 Å². The van der Waals surface area contributed by atoms with Crippen LogP contribution in [0.4, 0.5) is 5.69 Å². The van der Waals surface area contributed by atoms with Gasteiger partial charge in [-0.3, -0.25) is 13.9 Å². The van der Waals surface area contributed by atoms with E-state index in [9.17, 15) is 18.0 Å². The molecule has 0 aliphatic rings. The number of sulfonamides is 1. The summed E-state index contributed by atoms with van der Waals surface area (Å²) in [6.07, 6.45) is 0.585. The number of amides is 2. The van der Waals surface area contributed by atoms with E-state index in [0.717, 1.165) is 22.3 Å². The number of para-hydroxylation sites is 1.